The smallest absolute Gasteiger partial charge is 0.127 e. The van der Waals surface area contributed by atoms with Crippen LogP contribution in [-0.4, -0.2) is 37.2 Å². The third kappa shape index (κ3) is 2.81. The zero-order valence-electron chi connectivity index (χ0n) is 11.4. The van der Waals surface area contributed by atoms with Crippen molar-refractivity contribution in [2.45, 2.75) is 32.4 Å². The molecule has 2 heterocycles. The summed E-state index contributed by atoms with van der Waals surface area (Å²) in [5.41, 5.74) is 2.69. The van der Waals surface area contributed by atoms with Crippen LogP contribution < -0.4 is 10.1 Å². The minimum absolute atomic E-state index is 0.643. The molecule has 0 amide bonds. The number of nitrogens with zero attached hydrogens (tertiary/aromatic N) is 1. The average Bonchev–Trinajstić information content (AvgIpc) is 2.87. The summed E-state index contributed by atoms with van der Waals surface area (Å²) in [6.07, 6.45) is 2.24. The first-order chi connectivity index (χ1) is 9.28. The lowest BCUT2D eigenvalue weighted by molar-refractivity contribution is 0.147. The number of benzene rings is 1. The molecule has 0 bridgehead atoms. The van der Waals surface area contributed by atoms with Crippen molar-refractivity contribution in [3.05, 3.63) is 27.7 Å². The van der Waals surface area contributed by atoms with Gasteiger partial charge >= 0.3 is 0 Å². The summed E-state index contributed by atoms with van der Waals surface area (Å²) >= 11 is 3.63. The number of halogens is 1. The van der Waals surface area contributed by atoms with Crippen molar-refractivity contribution in [1.82, 2.24) is 10.2 Å². The van der Waals surface area contributed by atoms with Crippen molar-refractivity contribution < 1.29 is 4.74 Å². The fourth-order valence-corrected chi connectivity index (χ4v) is 3.65. The Morgan fingerprint density at radius 1 is 1.47 bits per heavy atom. The molecular formula is C15H21BrN2O. The largest absolute Gasteiger partial charge is 0.493 e. The average molecular weight is 325 g/mol. The highest BCUT2D eigenvalue weighted by Crippen LogP contribution is 2.34. The van der Waals surface area contributed by atoms with E-state index in [1.54, 1.807) is 0 Å². The van der Waals surface area contributed by atoms with E-state index < -0.39 is 0 Å². The Morgan fingerprint density at radius 3 is 3.21 bits per heavy atom. The minimum Gasteiger partial charge on any atom is -0.493 e. The highest BCUT2D eigenvalue weighted by atomic mass is 79.9. The van der Waals surface area contributed by atoms with Crippen molar-refractivity contribution in [3.63, 3.8) is 0 Å². The van der Waals surface area contributed by atoms with E-state index in [0.717, 1.165) is 45.0 Å². The first kappa shape index (κ1) is 13.4. The zero-order valence-corrected chi connectivity index (χ0v) is 13.0. The third-order valence-electron chi connectivity index (χ3n) is 4.14. The minimum atomic E-state index is 0.643. The predicted octanol–water partition coefficient (Wildman–Crippen LogP) is 2.57. The molecule has 104 valence electrons. The van der Waals surface area contributed by atoms with Crippen LogP contribution in [0.15, 0.2) is 16.6 Å². The monoisotopic (exact) mass is 324 g/mol. The molecule has 3 nitrogen and oxygen atoms in total. The molecule has 0 aromatic heterocycles. The van der Waals surface area contributed by atoms with Crippen LogP contribution in [0.5, 0.6) is 5.75 Å². The van der Waals surface area contributed by atoms with Crippen LogP contribution in [0.2, 0.25) is 0 Å². The van der Waals surface area contributed by atoms with E-state index in [9.17, 15) is 0 Å². The molecule has 0 radical (unpaired) electrons. The van der Waals surface area contributed by atoms with Crippen LogP contribution in [0.4, 0.5) is 0 Å². The van der Waals surface area contributed by atoms with Crippen LogP contribution in [0, 0.1) is 0 Å². The molecule has 1 aromatic carbocycles. The maximum absolute atomic E-state index is 5.83. The Hall–Kier alpha value is -0.580. The lowest BCUT2D eigenvalue weighted by atomic mass is 10.1. The van der Waals surface area contributed by atoms with E-state index in [2.05, 4.69) is 45.2 Å². The van der Waals surface area contributed by atoms with Gasteiger partial charge in [0, 0.05) is 48.7 Å². The number of ether oxygens (including phenoxy) is 1. The van der Waals surface area contributed by atoms with Crippen LogP contribution in [-0.2, 0) is 13.0 Å². The SMILES string of the molecule is CCC1CNCCN1Cc1cc(Br)cc2c1OCC2. The number of rotatable bonds is 3. The number of nitrogens with one attached hydrogen (secondary N) is 1. The lowest BCUT2D eigenvalue weighted by Crippen LogP contribution is -2.50. The molecule has 19 heavy (non-hydrogen) atoms. The lowest BCUT2D eigenvalue weighted by Gasteiger charge is -2.36. The van der Waals surface area contributed by atoms with Crippen LogP contribution >= 0.6 is 15.9 Å². The van der Waals surface area contributed by atoms with Gasteiger partial charge in [0.2, 0.25) is 0 Å². The second-order valence-electron chi connectivity index (χ2n) is 5.39. The molecule has 3 rings (SSSR count). The maximum Gasteiger partial charge on any atom is 0.127 e. The quantitative estimate of drug-likeness (QED) is 0.924. The number of fused-ring (bicyclic) bond motifs is 1. The summed E-state index contributed by atoms with van der Waals surface area (Å²) < 4.78 is 7.01. The number of piperazine rings is 1. The summed E-state index contributed by atoms with van der Waals surface area (Å²) in [5.74, 6) is 1.14. The second kappa shape index (κ2) is 5.81. The van der Waals surface area contributed by atoms with Gasteiger partial charge in [0.25, 0.3) is 0 Å². The van der Waals surface area contributed by atoms with E-state index in [0.29, 0.717) is 6.04 Å². The van der Waals surface area contributed by atoms with Gasteiger partial charge in [-0.1, -0.05) is 22.9 Å². The second-order valence-corrected chi connectivity index (χ2v) is 6.30. The van der Waals surface area contributed by atoms with Crippen molar-refractivity contribution >= 4 is 15.9 Å². The van der Waals surface area contributed by atoms with Crippen LogP contribution in [0.3, 0.4) is 0 Å². The molecular weight excluding hydrogens is 304 g/mol. The molecule has 0 saturated carbocycles. The van der Waals surface area contributed by atoms with Gasteiger partial charge in [0.15, 0.2) is 0 Å². The van der Waals surface area contributed by atoms with E-state index in [1.165, 1.54) is 22.0 Å². The molecule has 0 aliphatic carbocycles. The molecule has 1 saturated heterocycles. The van der Waals surface area contributed by atoms with Gasteiger partial charge in [0.05, 0.1) is 6.61 Å². The fourth-order valence-electron chi connectivity index (χ4n) is 3.10. The molecule has 1 fully saturated rings. The maximum atomic E-state index is 5.83. The van der Waals surface area contributed by atoms with Crippen molar-refractivity contribution in [1.29, 1.82) is 0 Å². The molecule has 1 N–H and O–H groups in total. The fraction of sp³-hybridized carbons (Fsp3) is 0.600. The Labute approximate surface area is 123 Å². The zero-order chi connectivity index (χ0) is 13.2. The van der Waals surface area contributed by atoms with E-state index >= 15 is 0 Å². The molecule has 1 aromatic rings. The molecule has 4 heteroatoms. The summed E-state index contributed by atoms with van der Waals surface area (Å²) in [5, 5.41) is 3.48. The summed E-state index contributed by atoms with van der Waals surface area (Å²) in [7, 11) is 0. The third-order valence-corrected chi connectivity index (χ3v) is 4.60. The highest BCUT2D eigenvalue weighted by molar-refractivity contribution is 9.10. The molecule has 1 unspecified atom stereocenters. The summed E-state index contributed by atoms with van der Waals surface area (Å²) in [6.45, 7) is 7.42. The molecule has 0 spiro atoms. The van der Waals surface area contributed by atoms with Crippen LogP contribution in [0.25, 0.3) is 0 Å². The Bertz CT molecular complexity index is 464. The van der Waals surface area contributed by atoms with Crippen molar-refractivity contribution in [2.24, 2.45) is 0 Å². The van der Waals surface area contributed by atoms with Gasteiger partial charge in [-0.05, 0) is 24.1 Å². The van der Waals surface area contributed by atoms with Gasteiger partial charge < -0.3 is 10.1 Å². The summed E-state index contributed by atoms with van der Waals surface area (Å²) in [4.78, 5) is 2.58. The van der Waals surface area contributed by atoms with Crippen molar-refractivity contribution in [2.75, 3.05) is 26.2 Å². The van der Waals surface area contributed by atoms with E-state index in [4.69, 9.17) is 4.74 Å². The number of hydrogen-bond donors (Lipinski definition) is 1. The van der Waals surface area contributed by atoms with Crippen molar-refractivity contribution in [3.8, 4) is 5.75 Å². The Morgan fingerprint density at radius 2 is 2.37 bits per heavy atom. The van der Waals surface area contributed by atoms with Gasteiger partial charge in [-0.2, -0.15) is 0 Å². The standard InChI is InChI=1S/C15H21BrN2O/c1-2-14-9-17-4-5-18(14)10-12-8-13(16)7-11-3-6-19-15(11)12/h7-8,14,17H,2-6,9-10H2,1H3. The first-order valence-electron chi connectivity index (χ1n) is 7.16. The highest BCUT2D eigenvalue weighted by Gasteiger charge is 2.24. The summed E-state index contributed by atoms with van der Waals surface area (Å²) in [6, 6.07) is 5.06. The molecule has 2 aliphatic rings. The number of hydrogen-bond acceptors (Lipinski definition) is 3. The Balaban J connectivity index is 1.82. The Kier molecular flexibility index (Phi) is 4.10. The first-order valence-corrected chi connectivity index (χ1v) is 7.96. The van der Waals surface area contributed by atoms with E-state index in [-0.39, 0.29) is 0 Å². The van der Waals surface area contributed by atoms with Crippen LogP contribution in [0.1, 0.15) is 24.5 Å². The van der Waals surface area contributed by atoms with E-state index in [1.807, 2.05) is 0 Å². The van der Waals surface area contributed by atoms with Gasteiger partial charge in [-0.3, -0.25) is 4.90 Å². The molecule has 2 aliphatic heterocycles. The molecule has 1 atom stereocenters. The van der Waals surface area contributed by atoms with Gasteiger partial charge in [0.1, 0.15) is 5.75 Å². The predicted molar refractivity (Wildman–Crippen MR) is 80.7 cm³/mol. The van der Waals surface area contributed by atoms with Gasteiger partial charge in [-0.25, -0.2) is 0 Å². The normalized spacial score (nSPS) is 23.2. The van der Waals surface area contributed by atoms with Gasteiger partial charge in [-0.15, -0.1) is 0 Å². The topological polar surface area (TPSA) is 24.5 Å².